The summed E-state index contributed by atoms with van der Waals surface area (Å²) in [5.41, 5.74) is 0. The lowest BCUT2D eigenvalue weighted by Gasteiger charge is -2.32. The quantitative estimate of drug-likeness (QED) is 0.912. The molecule has 1 aromatic heterocycles. The van der Waals surface area contributed by atoms with Gasteiger partial charge in [-0.25, -0.2) is 0 Å². The Balaban J connectivity index is 1.53. The first-order valence-corrected chi connectivity index (χ1v) is 8.23. The number of hydrogen-bond acceptors (Lipinski definition) is 5. The number of nitrogens with one attached hydrogen (secondary N) is 1. The lowest BCUT2D eigenvalue weighted by atomic mass is 9.97. The number of ether oxygens (including phenoxy) is 1. The van der Waals surface area contributed by atoms with Gasteiger partial charge in [0.1, 0.15) is 0 Å². The molecule has 0 bridgehead atoms. The summed E-state index contributed by atoms with van der Waals surface area (Å²) >= 11 is 5.77. The van der Waals surface area contributed by atoms with E-state index < -0.39 is 0 Å². The van der Waals surface area contributed by atoms with E-state index in [4.69, 9.17) is 16.3 Å². The average Bonchev–Trinajstić information content (AvgIpc) is 3.07. The number of hydrogen-bond donors (Lipinski definition) is 1. The molecule has 2 saturated heterocycles. The van der Waals surface area contributed by atoms with Gasteiger partial charge in [-0.3, -0.25) is 4.79 Å². The van der Waals surface area contributed by atoms with Gasteiger partial charge in [0.05, 0.1) is 12.0 Å². The van der Waals surface area contributed by atoms with Crippen LogP contribution in [0.15, 0.2) is 12.1 Å². The van der Waals surface area contributed by atoms with Crippen molar-refractivity contribution in [3.05, 3.63) is 17.3 Å². The molecule has 0 saturated carbocycles. The first-order valence-electron chi connectivity index (χ1n) is 7.86. The highest BCUT2D eigenvalue weighted by atomic mass is 35.5. The zero-order valence-corrected chi connectivity index (χ0v) is 13.3. The molecule has 1 N–H and O–H groups in total. The summed E-state index contributed by atoms with van der Waals surface area (Å²) in [6, 6.07) is 3.58. The Morgan fingerprint density at radius 2 is 2.27 bits per heavy atom. The Hall–Kier alpha value is -1.40. The zero-order chi connectivity index (χ0) is 15.4. The smallest absolute Gasteiger partial charge is 0.224 e. The number of aromatic nitrogens is 2. The van der Waals surface area contributed by atoms with Gasteiger partial charge in [0.15, 0.2) is 11.0 Å². The predicted molar refractivity (Wildman–Crippen MR) is 84.0 cm³/mol. The average molecular weight is 325 g/mol. The predicted octanol–water partition coefficient (Wildman–Crippen LogP) is 1.64. The fraction of sp³-hybridized carbons (Fsp3) is 0.667. The number of carbonyl (C=O) groups is 1. The fourth-order valence-corrected chi connectivity index (χ4v) is 3.14. The van der Waals surface area contributed by atoms with E-state index in [0.29, 0.717) is 18.2 Å². The van der Waals surface area contributed by atoms with Crippen molar-refractivity contribution in [1.82, 2.24) is 15.5 Å². The highest BCUT2D eigenvalue weighted by Gasteiger charge is 2.27. The molecule has 6 nitrogen and oxygen atoms in total. The lowest BCUT2D eigenvalue weighted by molar-refractivity contribution is -0.125. The molecule has 2 aliphatic heterocycles. The van der Waals surface area contributed by atoms with Gasteiger partial charge in [-0.1, -0.05) is 11.6 Å². The van der Waals surface area contributed by atoms with E-state index >= 15 is 0 Å². The van der Waals surface area contributed by atoms with E-state index in [1.165, 1.54) is 0 Å². The molecule has 0 aromatic carbocycles. The van der Waals surface area contributed by atoms with E-state index in [9.17, 15) is 4.79 Å². The largest absolute Gasteiger partial charge is 0.376 e. The second-order valence-corrected chi connectivity index (χ2v) is 6.27. The van der Waals surface area contributed by atoms with E-state index in [-0.39, 0.29) is 17.9 Å². The summed E-state index contributed by atoms with van der Waals surface area (Å²) in [5, 5.41) is 11.4. The first-order chi connectivity index (χ1) is 10.7. The number of carbonyl (C=O) groups excluding carboxylic acids is 1. The molecule has 0 radical (unpaired) electrons. The molecule has 120 valence electrons. The van der Waals surface area contributed by atoms with Crippen molar-refractivity contribution in [2.24, 2.45) is 5.92 Å². The Labute approximate surface area is 135 Å². The molecular formula is C15H21ClN4O2. The van der Waals surface area contributed by atoms with Crippen LogP contribution in [0.4, 0.5) is 5.82 Å². The zero-order valence-electron chi connectivity index (χ0n) is 12.5. The van der Waals surface area contributed by atoms with Crippen LogP contribution >= 0.6 is 11.6 Å². The molecule has 2 fully saturated rings. The normalized spacial score (nSPS) is 25.2. The van der Waals surface area contributed by atoms with E-state index in [0.717, 1.165) is 44.7 Å². The molecular weight excluding hydrogens is 304 g/mol. The summed E-state index contributed by atoms with van der Waals surface area (Å²) in [6.07, 6.45) is 4.20. The van der Waals surface area contributed by atoms with Crippen LogP contribution in [0.2, 0.25) is 5.15 Å². The maximum Gasteiger partial charge on any atom is 0.224 e. The molecule has 1 amide bonds. The number of anilines is 1. The van der Waals surface area contributed by atoms with Crippen molar-refractivity contribution < 1.29 is 9.53 Å². The Morgan fingerprint density at radius 3 is 3.00 bits per heavy atom. The Morgan fingerprint density at radius 1 is 1.36 bits per heavy atom. The van der Waals surface area contributed by atoms with Gasteiger partial charge in [0.25, 0.3) is 0 Å². The third-order valence-electron chi connectivity index (χ3n) is 4.26. The van der Waals surface area contributed by atoms with Gasteiger partial charge in [-0.2, -0.15) is 0 Å². The van der Waals surface area contributed by atoms with Gasteiger partial charge in [0.2, 0.25) is 5.91 Å². The van der Waals surface area contributed by atoms with Crippen molar-refractivity contribution in [2.75, 3.05) is 31.1 Å². The minimum atomic E-state index is -0.00682. The number of halogens is 1. The van der Waals surface area contributed by atoms with Crippen LogP contribution in [0.3, 0.4) is 0 Å². The third-order valence-corrected chi connectivity index (χ3v) is 4.46. The maximum absolute atomic E-state index is 12.3. The SMILES string of the molecule is O=C(NC[C@@H]1CCCO1)[C@@H]1CCCN(c2ccc(Cl)nn2)C1. The standard InChI is InChI=1S/C15H21ClN4O2/c16-13-5-6-14(19-18-13)20-7-1-3-11(10-20)15(21)17-9-12-4-2-8-22-12/h5-6,11-12H,1-4,7-10H2,(H,17,21)/t11-,12+/m1/s1. The summed E-state index contributed by atoms with van der Waals surface area (Å²) in [6.45, 7) is 3.00. The summed E-state index contributed by atoms with van der Waals surface area (Å²) in [5.74, 6) is 0.885. The molecule has 3 heterocycles. The molecule has 2 aliphatic rings. The van der Waals surface area contributed by atoms with Crippen molar-refractivity contribution in [3.8, 4) is 0 Å². The van der Waals surface area contributed by atoms with Gasteiger partial charge in [0, 0.05) is 26.2 Å². The van der Waals surface area contributed by atoms with Crippen molar-refractivity contribution >= 4 is 23.3 Å². The summed E-state index contributed by atoms with van der Waals surface area (Å²) in [7, 11) is 0. The topological polar surface area (TPSA) is 67.3 Å². The minimum Gasteiger partial charge on any atom is -0.376 e. The van der Waals surface area contributed by atoms with Crippen LogP contribution in [0, 0.1) is 5.92 Å². The molecule has 7 heteroatoms. The number of amides is 1. The first kappa shape index (κ1) is 15.5. The number of rotatable bonds is 4. The summed E-state index contributed by atoms with van der Waals surface area (Å²) in [4.78, 5) is 14.4. The molecule has 2 atom stereocenters. The van der Waals surface area contributed by atoms with Gasteiger partial charge >= 0.3 is 0 Å². The molecule has 1 aromatic rings. The molecule has 22 heavy (non-hydrogen) atoms. The third kappa shape index (κ3) is 3.87. The monoisotopic (exact) mass is 324 g/mol. The van der Waals surface area contributed by atoms with Crippen LogP contribution in [0.1, 0.15) is 25.7 Å². The van der Waals surface area contributed by atoms with Crippen LogP contribution in [-0.2, 0) is 9.53 Å². The minimum absolute atomic E-state index is 0.00682. The van der Waals surface area contributed by atoms with E-state index in [2.05, 4.69) is 20.4 Å². The number of piperidine rings is 1. The summed E-state index contributed by atoms with van der Waals surface area (Å²) < 4.78 is 5.54. The van der Waals surface area contributed by atoms with Crippen molar-refractivity contribution in [3.63, 3.8) is 0 Å². The second kappa shape index (κ2) is 7.24. The lowest BCUT2D eigenvalue weighted by Crippen LogP contribution is -2.45. The van der Waals surface area contributed by atoms with Crippen LogP contribution in [0.5, 0.6) is 0 Å². The Kier molecular flexibility index (Phi) is 5.10. The van der Waals surface area contributed by atoms with E-state index in [1.54, 1.807) is 6.07 Å². The molecule has 3 rings (SSSR count). The highest BCUT2D eigenvalue weighted by Crippen LogP contribution is 2.22. The van der Waals surface area contributed by atoms with Gasteiger partial charge < -0.3 is 15.0 Å². The molecule has 0 aliphatic carbocycles. The fourth-order valence-electron chi connectivity index (χ4n) is 3.04. The maximum atomic E-state index is 12.3. The van der Waals surface area contributed by atoms with Gasteiger partial charge in [-0.05, 0) is 37.8 Å². The molecule has 0 unspecified atom stereocenters. The Bertz CT molecular complexity index is 505. The van der Waals surface area contributed by atoms with Crippen molar-refractivity contribution in [1.29, 1.82) is 0 Å². The van der Waals surface area contributed by atoms with Crippen LogP contribution in [-0.4, -0.2) is 48.4 Å². The molecule has 0 spiro atoms. The van der Waals surface area contributed by atoms with Gasteiger partial charge in [-0.15, -0.1) is 10.2 Å². The second-order valence-electron chi connectivity index (χ2n) is 5.88. The van der Waals surface area contributed by atoms with Crippen molar-refractivity contribution in [2.45, 2.75) is 31.8 Å². The number of nitrogens with zero attached hydrogens (tertiary/aromatic N) is 3. The van der Waals surface area contributed by atoms with Crippen LogP contribution in [0.25, 0.3) is 0 Å². The highest BCUT2D eigenvalue weighted by molar-refractivity contribution is 6.29. The van der Waals surface area contributed by atoms with E-state index in [1.807, 2.05) is 6.07 Å². The van der Waals surface area contributed by atoms with Crippen LogP contribution < -0.4 is 10.2 Å².